The second-order valence-corrected chi connectivity index (χ2v) is 3.56. The molecule has 0 aliphatic rings. The van der Waals surface area contributed by atoms with Crippen LogP contribution >= 0.6 is 0 Å². The molecule has 3 heteroatoms. The number of aryl methyl sites for hydroxylation is 1. The van der Waals surface area contributed by atoms with Crippen LogP contribution in [0.25, 0.3) is 0 Å². The van der Waals surface area contributed by atoms with Crippen molar-refractivity contribution in [2.45, 2.75) is 26.7 Å². The number of benzene rings is 1. The largest absolute Gasteiger partial charge is 0.478 e. The van der Waals surface area contributed by atoms with Crippen molar-refractivity contribution in [2.75, 3.05) is 0 Å². The van der Waals surface area contributed by atoms with Crippen molar-refractivity contribution >= 4 is 11.7 Å². The van der Waals surface area contributed by atoms with Crippen molar-refractivity contribution in [2.24, 2.45) is 0 Å². The first-order chi connectivity index (χ1) is 7.06. The van der Waals surface area contributed by atoms with E-state index in [1.54, 1.807) is 18.2 Å². The molecule has 0 atom stereocenters. The highest BCUT2D eigenvalue weighted by Gasteiger charge is 2.08. The predicted octanol–water partition coefficient (Wildman–Crippen LogP) is 2.86. The Morgan fingerprint density at radius 3 is 2.60 bits per heavy atom. The fraction of sp³-hybridized carbons (Fsp3) is 0.333. The molecule has 1 rings (SSSR count). The van der Waals surface area contributed by atoms with E-state index in [2.05, 4.69) is 0 Å². The summed E-state index contributed by atoms with van der Waals surface area (Å²) in [5, 5.41) is 16.6. The van der Waals surface area contributed by atoms with Gasteiger partial charge in [-0.3, -0.25) is 0 Å². The maximum absolute atomic E-state index is 10.7. The third-order valence-electron chi connectivity index (χ3n) is 2.30. The Kier molecular flexibility index (Phi) is 3.61. The predicted molar refractivity (Wildman–Crippen MR) is 59.9 cm³/mol. The number of rotatable bonds is 4. The Balaban J connectivity index is 3.03. The van der Waals surface area contributed by atoms with Gasteiger partial charge in [0.2, 0.25) is 0 Å². The molecule has 0 saturated carbocycles. The minimum Gasteiger partial charge on any atom is -0.478 e. The third kappa shape index (κ3) is 2.65. The number of hydrogen-bond acceptors (Lipinski definition) is 2. The number of hydrogen-bond donors (Lipinski definition) is 2. The Morgan fingerprint density at radius 2 is 2.13 bits per heavy atom. The molecule has 15 heavy (non-hydrogen) atoms. The molecule has 0 unspecified atom stereocenters. The summed E-state index contributed by atoms with van der Waals surface area (Å²) in [7, 11) is 0. The Hall–Kier alpha value is -1.64. The van der Waals surface area contributed by atoms with Gasteiger partial charge in [0.15, 0.2) is 0 Å². The van der Waals surface area contributed by atoms with Gasteiger partial charge in [-0.05, 0) is 36.6 Å². The van der Waals surface area contributed by atoms with Crippen molar-refractivity contribution in [3.63, 3.8) is 0 Å². The summed E-state index contributed by atoms with van der Waals surface area (Å²) in [5.41, 5.74) is 2.56. The van der Waals surface area contributed by atoms with Crippen LogP contribution in [0.1, 0.15) is 41.3 Å². The van der Waals surface area contributed by atoms with E-state index < -0.39 is 5.97 Å². The molecular weight excluding hydrogens is 190 g/mol. The molecule has 2 N–H and O–H groups in total. The molecule has 0 heterocycles. The highest BCUT2D eigenvalue weighted by Crippen LogP contribution is 2.14. The lowest BCUT2D eigenvalue weighted by molar-refractivity contribution is 0.0697. The lowest BCUT2D eigenvalue weighted by Gasteiger charge is -2.07. The maximum Gasteiger partial charge on any atom is 0.335 e. The van der Waals surface area contributed by atoms with E-state index in [9.17, 15) is 4.79 Å². The van der Waals surface area contributed by atoms with Crippen LogP contribution in [-0.4, -0.2) is 16.8 Å². The number of carboxylic acid groups (broad SMARTS) is 1. The molecule has 80 valence electrons. The van der Waals surface area contributed by atoms with Gasteiger partial charge in [0.1, 0.15) is 0 Å². The molecule has 1 aromatic carbocycles. The van der Waals surface area contributed by atoms with Crippen LogP contribution in [0.5, 0.6) is 0 Å². The summed E-state index contributed by atoms with van der Waals surface area (Å²) in [6, 6.07) is 4.88. The summed E-state index contributed by atoms with van der Waals surface area (Å²) in [4.78, 5) is 10.7. The summed E-state index contributed by atoms with van der Waals surface area (Å²) in [6.07, 6.45) is 1.66. The van der Waals surface area contributed by atoms with Crippen LogP contribution in [0, 0.1) is 12.3 Å². The number of carboxylic acids is 1. The summed E-state index contributed by atoms with van der Waals surface area (Å²) >= 11 is 0. The lowest BCUT2D eigenvalue weighted by Crippen LogP contribution is -2.04. The van der Waals surface area contributed by atoms with Gasteiger partial charge in [-0.1, -0.05) is 19.4 Å². The van der Waals surface area contributed by atoms with Gasteiger partial charge in [0.25, 0.3) is 0 Å². The average Bonchev–Trinajstić information content (AvgIpc) is 2.17. The third-order valence-corrected chi connectivity index (χ3v) is 2.30. The Morgan fingerprint density at radius 1 is 1.47 bits per heavy atom. The normalized spacial score (nSPS) is 10.0. The fourth-order valence-corrected chi connectivity index (χ4v) is 1.52. The zero-order chi connectivity index (χ0) is 11.4. The fourth-order valence-electron chi connectivity index (χ4n) is 1.52. The molecule has 0 radical (unpaired) electrons. The highest BCUT2D eigenvalue weighted by molar-refractivity contribution is 6.00. The molecule has 3 nitrogen and oxygen atoms in total. The smallest absolute Gasteiger partial charge is 0.335 e. The van der Waals surface area contributed by atoms with E-state index in [1.165, 1.54) is 0 Å². The summed E-state index contributed by atoms with van der Waals surface area (Å²) in [5.74, 6) is -0.924. The van der Waals surface area contributed by atoms with Crippen molar-refractivity contribution in [3.8, 4) is 0 Å². The van der Waals surface area contributed by atoms with Crippen molar-refractivity contribution < 1.29 is 9.90 Å². The van der Waals surface area contributed by atoms with E-state index in [0.29, 0.717) is 5.71 Å². The van der Waals surface area contributed by atoms with Crippen LogP contribution in [0.4, 0.5) is 0 Å². The van der Waals surface area contributed by atoms with Crippen molar-refractivity contribution in [3.05, 3.63) is 34.9 Å². The van der Waals surface area contributed by atoms with Gasteiger partial charge in [0, 0.05) is 5.71 Å². The second-order valence-electron chi connectivity index (χ2n) is 3.56. The van der Waals surface area contributed by atoms with Crippen LogP contribution in [-0.2, 0) is 0 Å². The van der Waals surface area contributed by atoms with Crippen LogP contribution in [0.15, 0.2) is 18.2 Å². The van der Waals surface area contributed by atoms with Crippen LogP contribution < -0.4 is 0 Å². The first-order valence-corrected chi connectivity index (χ1v) is 4.98. The number of aromatic carboxylic acids is 1. The number of nitrogens with one attached hydrogen (secondary N) is 1. The van der Waals surface area contributed by atoms with Crippen molar-refractivity contribution in [1.82, 2.24) is 0 Å². The minimum atomic E-state index is -0.924. The second kappa shape index (κ2) is 4.73. The zero-order valence-electron chi connectivity index (χ0n) is 9.00. The summed E-state index contributed by atoms with van der Waals surface area (Å²) in [6.45, 7) is 3.86. The molecule has 0 aromatic heterocycles. The molecule has 0 aliphatic carbocycles. The Bertz CT molecular complexity index is 397. The van der Waals surface area contributed by atoms with Crippen LogP contribution in [0.2, 0.25) is 0 Å². The van der Waals surface area contributed by atoms with E-state index >= 15 is 0 Å². The molecular formula is C12H15NO2. The lowest BCUT2D eigenvalue weighted by atomic mass is 9.99. The molecule has 0 fully saturated rings. The monoisotopic (exact) mass is 205 g/mol. The van der Waals surface area contributed by atoms with Gasteiger partial charge < -0.3 is 10.5 Å². The standard InChI is InChI=1S/C12H15NO2/c1-3-4-11(13)10-6-5-9(12(14)15)7-8(10)2/h5-7,13H,3-4H2,1-2H3,(H,14,15). The molecule has 0 spiro atoms. The Labute approximate surface area is 89.3 Å². The van der Waals surface area contributed by atoms with Gasteiger partial charge in [-0.15, -0.1) is 0 Å². The molecule has 0 aliphatic heterocycles. The first-order valence-electron chi connectivity index (χ1n) is 4.98. The molecule has 0 amide bonds. The van der Waals surface area contributed by atoms with Gasteiger partial charge >= 0.3 is 5.97 Å². The van der Waals surface area contributed by atoms with Gasteiger partial charge in [0.05, 0.1) is 5.56 Å². The minimum absolute atomic E-state index is 0.278. The van der Waals surface area contributed by atoms with Gasteiger partial charge in [-0.25, -0.2) is 4.79 Å². The van der Waals surface area contributed by atoms with E-state index in [1.807, 2.05) is 13.8 Å². The number of carbonyl (C=O) groups is 1. The molecule has 0 saturated heterocycles. The zero-order valence-corrected chi connectivity index (χ0v) is 9.00. The summed E-state index contributed by atoms with van der Waals surface area (Å²) < 4.78 is 0. The first kappa shape index (κ1) is 11.4. The molecule has 1 aromatic rings. The highest BCUT2D eigenvalue weighted by atomic mass is 16.4. The maximum atomic E-state index is 10.7. The molecule has 0 bridgehead atoms. The van der Waals surface area contributed by atoms with E-state index in [-0.39, 0.29) is 5.56 Å². The van der Waals surface area contributed by atoms with Crippen LogP contribution in [0.3, 0.4) is 0 Å². The van der Waals surface area contributed by atoms with E-state index in [0.717, 1.165) is 24.0 Å². The SMILES string of the molecule is CCCC(=N)c1ccc(C(=O)O)cc1C. The van der Waals surface area contributed by atoms with Crippen molar-refractivity contribution in [1.29, 1.82) is 5.41 Å². The van der Waals surface area contributed by atoms with E-state index in [4.69, 9.17) is 10.5 Å². The average molecular weight is 205 g/mol. The topological polar surface area (TPSA) is 61.2 Å². The van der Waals surface area contributed by atoms with Gasteiger partial charge in [-0.2, -0.15) is 0 Å². The quantitative estimate of drug-likeness (QED) is 0.742.